The van der Waals surface area contributed by atoms with Gasteiger partial charge in [-0.3, -0.25) is 0 Å². The molecule has 0 amide bonds. The standard InChI is InChI=1S/C17H31NO/c1-4-5-6-7-8-9-10-11-12-17(18-3)16-13-14-19-15(16)2/h13-14,17-18H,4-12H2,1-3H3. The Morgan fingerprint density at radius 2 is 1.68 bits per heavy atom. The van der Waals surface area contributed by atoms with Crippen LogP contribution in [0.1, 0.15) is 82.1 Å². The van der Waals surface area contributed by atoms with Gasteiger partial charge in [-0.05, 0) is 26.5 Å². The van der Waals surface area contributed by atoms with E-state index in [4.69, 9.17) is 4.42 Å². The molecule has 0 radical (unpaired) electrons. The second-order valence-electron chi connectivity index (χ2n) is 5.54. The normalized spacial score (nSPS) is 12.8. The van der Waals surface area contributed by atoms with E-state index in [2.05, 4.69) is 18.3 Å². The molecule has 0 saturated heterocycles. The zero-order chi connectivity index (χ0) is 13.9. The molecule has 0 spiro atoms. The van der Waals surface area contributed by atoms with Crippen molar-refractivity contribution in [1.82, 2.24) is 5.32 Å². The first kappa shape index (κ1) is 16.3. The van der Waals surface area contributed by atoms with Gasteiger partial charge in [0.2, 0.25) is 0 Å². The Balaban J connectivity index is 2.09. The summed E-state index contributed by atoms with van der Waals surface area (Å²) in [6, 6.07) is 2.56. The monoisotopic (exact) mass is 265 g/mol. The summed E-state index contributed by atoms with van der Waals surface area (Å²) in [5.41, 5.74) is 1.32. The van der Waals surface area contributed by atoms with E-state index in [1.54, 1.807) is 6.26 Å². The third-order valence-corrected chi connectivity index (χ3v) is 3.97. The third-order valence-electron chi connectivity index (χ3n) is 3.97. The number of furan rings is 1. The van der Waals surface area contributed by atoms with Gasteiger partial charge in [0.1, 0.15) is 5.76 Å². The SMILES string of the molecule is CCCCCCCCCCC(NC)c1ccoc1C. The van der Waals surface area contributed by atoms with Crippen LogP contribution in [-0.4, -0.2) is 7.05 Å². The van der Waals surface area contributed by atoms with Crippen LogP contribution in [0.25, 0.3) is 0 Å². The van der Waals surface area contributed by atoms with Gasteiger partial charge < -0.3 is 9.73 Å². The van der Waals surface area contributed by atoms with Gasteiger partial charge in [-0.1, -0.05) is 58.3 Å². The lowest BCUT2D eigenvalue weighted by molar-refractivity contribution is 0.476. The minimum Gasteiger partial charge on any atom is -0.469 e. The Labute approximate surface area is 119 Å². The molecule has 1 rings (SSSR count). The molecule has 0 aliphatic rings. The third kappa shape index (κ3) is 6.29. The summed E-state index contributed by atoms with van der Waals surface area (Å²) in [4.78, 5) is 0. The average molecular weight is 265 g/mol. The number of aryl methyl sites for hydroxylation is 1. The van der Waals surface area contributed by atoms with Gasteiger partial charge >= 0.3 is 0 Å². The fraction of sp³-hybridized carbons (Fsp3) is 0.765. The van der Waals surface area contributed by atoms with Crippen molar-refractivity contribution in [3.05, 3.63) is 23.7 Å². The van der Waals surface area contributed by atoms with Crippen molar-refractivity contribution in [3.63, 3.8) is 0 Å². The molecular weight excluding hydrogens is 234 g/mol. The second kappa shape index (κ2) is 10.1. The molecule has 1 N–H and O–H groups in total. The number of rotatable bonds is 11. The highest BCUT2D eigenvalue weighted by Gasteiger charge is 2.13. The van der Waals surface area contributed by atoms with Crippen molar-refractivity contribution < 1.29 is 4.42 Å². The summed E-state index contributed by atoms with van der Waals surface area (Å²) >= 11 is 0. The molecule has 2 heteroatoms. The smallest absolute Gasteiger partial charge is 0.105 e. The van der Waals surface area contributed by atoms with E-state index < -0.39 is 0 Å². The van der Waals surface area contributed by atoms with Gasteiger partial charge in [-0.15, -0.1) is 0 Å². The molecule has 1 heterocycles. The molecule has 19 heavy (non-hydrogen) atoms. The van der Waals surface area contributed by atoms with Gasteiger partial charge in [0, 0.05) is 11.6 Å². The summed E-state index contributed by atoms with van der Waals surface area (Å²) in [7, 11) is 2.04. The van der Waals surface area contributed by atoms with E-state index >= 15 is 0 Å². The van der Waals surface area contributed by atoms with E-state index in [9.17, 15) is 0 Å². The first-order chi connectivity index (χ1) is 9.29. The van der Waals surface area contributed by atoms with Gasteiger partial charge in [-0.2, -0.15) is 0 Å². The van der Waals surface area contributed by atoms with E-state index in [0.29, 0.717) is 6.04 Å². The Kier molecular flexibility index (Phi) is 8.64. The molecule has 1 aromatic rings. The van der Waals surface area contributed by atoms with Crippen molar-refractivity contribution in [2.45, 2.75) is 77.7 Å². The van der Waals surface area contributed by atoms with Crippen LogP contribution in [0, 0.1) is 6.92 Å². The Morgan fingerprint density at radius 3 is 2.21 bits per heavy atom. The number of unbranched alkanes of at least 4 members (excludes halogenated alkanes) is 7. The van der Waals surface area contributed by atoms with Gasteiger partial charge in [0.15, 0.2) is 0 Å². The van der Waals surface area contributed by atoms with E-state index in [1.165, 1.54) is 63.4 Å². The molecule has 1 atom stereocenters. The lowest BCUT2D eigenvalue weighted by atomic mass is 10.00. The van der Waals surface area contributed by atoms with Crippen LogP contribution in [-0.2, 0) is 0 Å². The van der Waals surface area contributed by atoms with Crippen LogP contribution in [0.4, 0.5) is 0 Å². The largest absolute Gasteiger partial charge is 0.469 e. The average Bonchev–Trinajstić information content (AvgIpc) is 2.83. The minimum absolute atomic E-state index is 0.457. The van der Waals surface area contributed by atoms with E-state index in [-0.39, 0.29) is 0 Å². The highest BCUT2D eigenvalue weighted by atomic mass is 16.3. The zero-order valence-electron chi connectivity index (χ0n) is 13.0. The molecule has 0 aromatic carbocycles. The minimum atomic E-state index is 0.457. The van der Waals surface area contributed by atoms with Crippen LogP contribution < -0.4 is 5.32 Å². The first-order valence-corrected chi connectivity index (χ1v) is 8.00. The fourth-order valence-corrected chi connectivity index (χ4v) is 2.69. The summed E-state index contributed by atoms with van der Waals surface area (Å²) in [5.74, 6) is 1.05. The van der Waals surface area contributed by atoms with Crippen LogP contribution >= 0.6 is 0 Å². The number of hydrogen-bond acceptors (Lipinski definition) is 2. The molecule has 0 aliphatic carbocycles. The maximum atomic E-state index is 5.39. The second-order valence-corrected chi connectivity index (χ2v) is 5.54. The summed E-state index contributed by atoms with van der Waals surface area (Å²) in [6.45, 7) is 4.32. The lowest BCUT2D eigenvalue weighted by Crippen LogP contribution is -2.16. The highest BCUT2D eigenvalue weighted by Crippen LogP contribution is 2.23. The van der Waals surface area contributed by atoms with Gasteiger partial charge in [0.25, 0.3) is 0 Å². The van der Waals surface area contributed by atoms with Crippen LogP contribution in [0.15, 0.2) is 16.7 Å². The van der Waals surface area contributed by atoms with Crippen molar-refractivity contribution in [3.8, 4) is 0 Å². The quantitative estimate of drug-likeness (QED) is 0.543. The van der Waals surface area contributed by atoms with Crippen molar-refractivity contribution in [2.75, 3.05) is 7.05 Å². The summed E-state index contributed by atoms with van der Waals surface area (Å²) in [5, 5.41) is 3.40. The molecule has 0 bridgehead atoms. The zero-order valence-corrected chi connectivity index (χ0v) is 13.0. The predicted octanol–water partition coefficient (Wildman–Crippen LogP) is 5.38. The van der Waals surface area contributed by atoms with Gasteiger partial charge in [0.05, 0.1) is 6.26 Å². The van der Waals surface area contributed by atoms with Crippen molar-refractivity contribution in [1.29, 1.82) is 0 Å². The van der Waals surface area contributed by atoms with Crippen molar-refractivity contribution >= 4 is 0 Å². The number of hydrogen-bond donors (Lipinski definition) is 1. The Bertz CT molecular complexity index is 319. The molecule has 2 nitrogen and oxygen atoms in total. The number of nitrogens with one attached hydrogen (secondary N) is 1. The molecule has 0 aliphatic heterocycles. The van der Waals surface area contributed by atoms with Crippen LogP contribution in [0.2, 0.25) is 0 Å². The fourth-order valence-electron chi connectivity index (χ4n) is 2.69. The van der Waals surface area contributed by atoms with Crippen LogP contribution in [0.3, 0.4) is 0 Å². The van der Waals surface area contributed by atoms with Crippen molar-refractivity contribution in [2.24, 2.45) is 0 Å². The molecular formula is C17H31NO. The highest BCUT2D eigenvalue weighted by molar-refractivity contribution is 5.19. The summed E-state index contributed by atoms with van der Waals surface area (Å²) < 4.78 is 5.39. The Morgan fingerprint density at radius 1 is 1.05 bits per heavy atom. The predicted molar refractivity (Wildman–Crippen MR) is 82.5 cm³/mol. The van der Waals surface area contributed by atoms with E-state index in [0.717, 1.165) is 5.76 Å². The topological polar surface area (TPSA) is 25.2 Å². The Hall–Kier alpha value is -0.760. The lowest BCUT2D eigenvalue weighted by Gasteiger charge is -2.15. The molecule has 1 aromatic heterocycles. The molecule has 0 fully saturated rings. The summed E-state index contributed by atoms with van der Waals surface area (Å²) in [6.07, 6.45) is 14.1. The maximum absolute atomic E-state index is 5.39. The van der Waals surface area contributed by atoms with Crippen LogP contribution in [0.5, 0.6) is 0 Å². The first-order valence-electron chi connectivity index (χ1n) is 8.00. The maximum Gasteiger partial charge on any atom is 0.105 e. The molecule has 0 saturated carbocycles. The molecule has 110 valence electrons. The van der Waals surface area contributed by atoms with Gasteiger partial charge in [-0.25, -0.2) is 0 Å². The molecule has 1 unspecified atom stereocenters. The van der Waals surface area contributed by atoms with E-state index in [1.807, 2.05) is 14.0 Å².